The van der Waals surface area contributed by atoms with Gasteiger partial charge >= 0.3 is 12.1 Å². The molecule has 26 heavy (non-hydrogen) atoms. The standard InChI is InChI=1S/C17H22F4N2O3/c1-4-26-16(25)9(2)7-11-5-6-12(18)13(8-11)23-15(24)14(22)10(3)17(19,20)21/h5-6,8-10,14H,4,7,22H2,1-3H3,(H,23,24)/t9-,10?,14?/m1/s1. The molecular formula is C17H22F4N2O3. The van der Waals surface area contributed by atoms with Crippen molar-refractivity contribution in [1.29, 1.82) is 0 Å². The minimum absolute atomic E-state index is 0.215. The van der Waals surface area contributed by atoms with Crippen LogP contribution >= 0.6 is 0 Å². The molecular weight excluding hydrogens is 356 g/mol. The van der Waals surface area contributed by atoms with Crippen LogP contribution in [0.1, 0.15) is 26.3 Å². The maximum absolute atomic E-state index is 13.9. The highest BCUT2D eigenvalue weighted by Crippen LogP contribution is 2.28. The summed E-state index contributed by atoms with van der Waals surface area (Å²) >= 11 is 0. The predicted molar refractivity (Wildman–Crippen MR) is 87.7 cm³/mol. The second kappa shape index (κ2) is 8.98. The van der Waals surface area contributed by atoms with Gasteiger partial charge < -0.3 is 15.8 Å². The Bertz CT molecular complexity index is 649. The van der Waals surface area contributed by atoms with Crippen LogP contribution in [-0.4, -0.2) is 30.7 Å². The van der Waals surface area contributed by atoms with Crippen LogP contribution < -0.4 is 11.1 Å². The number of carbonyl (C=O) groups excluding carboxylic acids is 2. The summed E-state index contributed by atoms with van der Waals surface area (Å²) < 4.78 is 56.7. The number of hydrogen-bond acceptors (Lipinski definition) is 4. The zero-order chi connectivity index (χ0) is 20.1. The largest absolute Gasteiger partial charge is 0.466 e. The Balaban J connectivity index is 2.87. The Morgan fingerprint density at radius 1 is 1.27 bits per heavy atom. The Labute approximate surface area is 148 Å². The third kappa shape index (κ3) is 5.98. The van der Waals surface area contributed by atoms with Crippen molar-refractivity contribution in [2.75, 3.05) is 11.9 Å². The number of benzene rings is 1. The summed E-state index contributed by atoms with van der Waals surface area (Å²) in [5.41, 5.74) is 5.54. The van der Waals surface area contributed by atoms with E-state index >= 15 is 0 Å². The molecule has 0 fully saturated rings. The Morgan fingerprint density at radius 2 is 1.88 bits per heavy atom. The molecule has 1 rings (SSSR count). The fraction of sp³-hybridized carbons (Fsp3) is 0.529. The van der Waals surface area contributed by atoms with Gasteiger partial charge in [0.05, 0.1) is 30.2 Å². The molecule has 146 valence electrons. The SMILES string of the molecule is CCOC(=O)[C@H](C)Cc1ccc(F)c(NC(=O)C(N)C(C)C(F)(F)F)c1. The van der Waals surface area contributed by atoms with Crippen molar-refractivity contribution in [3.05, 3.63) is 29.6 Å². The summed E-state index contributed by atoms with van der Waals surface area (Å²) in [6.07, 6.45) is -4.43. The molecule has 1 aromatic rings. The van der Waals surface area contributed by atoms with Crippen molar-refractivity contribution in [3.8, 4) is 0 Å². The molecule has 0 radical (unpaired) electrons. The lowest BCUT2D eigenvalue weighted by Crippen LogP contribution is -2.46. The molecule has 0 saturated carbocycles. The summed E-state index contributed by atoms with van der Waals surface area (Å²) in [7, 11) is 0. The maximum Gasteiger partial charge on any atom is 0.393 e. The molecule has 0 spiro atoms. The van der Waals surface area contributed by atoms with Gasteiger partial charge in [0.2, 0.25) is 5.91 Å². The Kier molecular flexibility index (Phi) is 7.55. The number of nitrogens with one attached hydrogen (secondary N) is 1. The summed E-state index contributed by atoms with van der Waals surface area (Å²) in [5, 5.41) is 2.08. The first-order valence-corrected chi connectivity index (χ1v) is 8.05. The van der Waals surface area contributed by atoms with E-state index in [1.54, 1.807) is 13.8 Å². The second-order valence-corrected chi connectivity index (χ2v) is 6.02. The van der Waals surface area contributed by atoms with E-state index in [1.165, 1.54) is 12.1 Å². The molecule has 2 unspecified atom stereocenters. The normalized spacial score (nSPS) is 15.1. The number of nitrogens with two attached hydrogens (primary N) is 1. The molecule has 1 aromatic carbocycles. The third-order valence-electron chi connectivity index (χ3n) is 3.88. The van der Waals surface area contributed by atoms with Crippen LogP contribution in [0.4, 0.5) is 23.2 Å². The van der Waals surface area contributed by atoms with Gasteiger partial charge in [0.25, 0.3) is 0 Å². The highest BCUT2D eigenvalue weighted by Gasteiger charge is 2.42. The molecule has 0 aromatic heterocycles. The first-order valence-electron chi connectivity index (χ1n) is 8.05. The van der Waals surface area contributed by atoms with Gasteiger partial charge in [0, 0.05) is 0 Å². The highest BCUT2D eigenvalue weighted by molar-refractivity contribution is 5.95. The monoisotopic (exact) mass is 378 g/mol. The molecule has 9 heteroatoms. The molecule has 0 aliphatic rings. The van der Waals surface area contributed by atoms with Crippen molar-refractivity contribution >= 4 is 17.6 Å². The van der Waals surface area contributed by atoms with E-state index in [-0.39, 0.29) is 18.7 Å². The molecule has 3 N–H and O–H groups in total. The molecule has 0 aliphatic heterocycles. The van der Waals surface area contributed by atoms with E-state index in [2.05, 4.69) is 5.32 Å². The van der Waals surface area contributed by atoms with Crippen LogP contribution in [0, 0.1) is 17.7 Å². The average Bonchev–Trinajstić information content (AvgIpc) is 2.55. The zero-order valence-corrected chi connectivity index (χ0v) is 14.7. The topological polar surface area (TPSA) is 81.4 Å². The lowest BCUT2D eigenvalue weighted by atomic mass is 9.99. The van der Waals surface area contributed by atoms with Crippen LogP contribution in [0.3, 0.4) is 0 Å². The summed E-state index contributed by atoms with van der Waals surface area (Å²) in [4.78, 5) is 23.5. The van der Waals surface area contributed by atoms with Crippen molar-refractivity contribution in [2.24, 2.45) is 17.6 Å². The summed E-state index contributed by atoms with van der Waals surface area (Å²) in [6.45, 7) is 4.29. The molecule has 0 aliphatic carbocycles. The number of anilines is 1. The minimum Gasteiger partial charge on any atom is -0.466 e. The van der Waals surface area contributed by atoms with Crippen molar-refractivity contribution < 1.29 is 31.9 Å². The number of hydrogen-bond donors (Lipinski definition) is 2. The van der Waals surface area contributed by atoms with Gasteiger partial charge in [-0.2, -0.15) is 13.2 Å². The van der Waals surface area contributed by atoms with Gasteiger partial charge in [-0.05, 0) is 31.0 Å². The molecule has 0 bridgehead atoms. The first-order chi connectivity index (χ1) is 12.0. The number of carbonyl (C=O) groups is 2. The van der Waals surface area contributed by atoms with E-state index in [1.807, 2.05) is 0 Å². The van der Waals surface area contributed by atoms with E-state index in [9.17, 15) is 27.2 Å². The van der Waals surface area contributed by atoms with E-state index in [0.29, 0.717) is 5.56 Å². The quantitative estimate of drug-likeness (QED) is 0.565. The van der Waals surface area contributed by atoms with Crippen LogP contribution in [0.5, 0.6) is 0 Å². The minimum atomic E-state index is -4.65. The Hall–Kier alpha value is -2.16. The van der Waals surface area contributed by atoms with Crippen LogP contribution in [0.2, 0.25) is 0 Å². The van der Waals surface area contributed by atoms with Crippen LogP contribution in [0.25, 0.3) is 0 Å². The molecule has 5 nitrogen and oxygen atoms in total. The second-order valence-electron chi connectivity index (χ2n) is 6.02. The number of halogens is 4. The van der Waals surface area contributed by atoms with Crippen LogP contribution in [-0.2, 0) is 20.7 Å². The number of esters is 1. The lowest BCUT2D eigenvalue weighted by molar-refractivity contribution is -0.176. The van der Waals surface area contributed by atoms with Gasteiger partial charge in [0.1, 0.15) is 5.82 Å². The van der Waals surface area contributed by atoms with Gasteiger partial charge in [-0.15, -0.1) is 0 Å². The third-order valence-corrected chi connectivity index (χ3v) is 3.88. The van der Waals surface area contributed by atoms with Gasteiger partial charge in [-0.1, -0.05) is 19.9 Å². The summed E-state index contributed by atoms with van der Waals surface area (Å²) in [6, 6.07) is 1.85. The van der Waals surface area contributed by atoms with Crippen molar-refractivity contribution in [2.45, 2.75) is 39.4 Å². The zero-order valence-electron chi connectivity index (χ0n) is 14.7. The number of ether oxygens (including phenoxy) is 1. The smallest absolute Gasteiger partial charge is 0.393 e. The first kappa shape index (κ1) is 21.9. The molecule has 3 atom stereocenters. The van der Waals surface area contributed by atoms with Crippen molar-refractivity contribution in [1.82, 2.24) is 0 Å². The number of alkyl halides is 3. The average molecular weight is 378 g/mol. The van der Waals surface area contributed by atoms with Gasteiger partial charge in [0.15, 0.2) is 0 Å². The number of rotatable bonds is 7. The van der Waals surface area contributed by atoms with E-state index in [4.69, 9.17) is 10.5 Å². The molecule has 1 amide bonds. The van der Waals surface area contributed by atoms with E-state index in [0.717, 1.165) is 13.0 Å². The number of amides is 1. The van der Waals surface area contributed by atoms with Crippen molar-refractivity contribution in [3.63, 3.8) is 0 Å². The van der Waals surface area contributed by atoms with Gasteiger partial charge in [-0.25, -0.2) is 4.39 Å². The molecule has 0 heterocycles. The fourth-order valence-corrected chi connectivity index (χ4v) is 2.16. The Morgan fingerprint density at radius 3 is 2.42 bits per heavy atom. The predicted octanol–water partition coefficient (Wildman–Crippen LogP) is 3.03. The molecule has 0 saturated heterocycles. The lowest BCUT2D eigenvalue weighted by Gasteiger charge is -2.22. The fourth-order valence-electron chi connectivity index (χ4n) is 2.16. The van der Waals surface area contributed by atoms with Crippen LogP contribution in [0.15, 0.2) is 18.2 Å². The maximum atomic E-state index is 13.9. The highest BCUT2D eigenvalue weighted by atomic mass is 19.4. The summed E-state index contributed by atoms with van der Waals surface area (Å²) in [5.74, 6) is -4.99. The van der Waals surface area contributed by atoms with E-state index < -0.39 is 41.7 Å². The van der Waals surface area contributed by atoms with Gasteiger partial charge in [-0.3, -0.25) is 9.59 Å².